The minimum atomic E-state index is -1.88. The number of primary amides is 1. The van der Waals surface area contributed by atoms with E-state index in [-0.39, 0.29) is 19.4 Å². The van der Waals surface area contributed by atoms with Gasteiger partial charge in [0.2, 0.25) is 47.3 Å². The molecule has 1 aliphatic heterocycles. The molecule has 0 saturated carbocycles. The number of aromatic nitrogens is 1. The van der Waals surface area contributed by atoms with Crippen molar-refractivity contribution in [3.63, 3.8) is 0 Å². The fourth-order valence-corrected chi connectivity index (χ4v) is 6.44. The van der Waals surface area contributed by atoms with Crippen molar-refractivity contribution in [1.82, 2.24) is 41.8 Å². The van der Waals surface area contributed by atoms with Crippen molar-refractivity contribution in [2.24, 2.45) is 17.4 Å². The predicted octanol–water partition coefficient (Wildman–Crippen LogP) is -7.51. The number of nitrogens with two attached hydrogens (primary N) is 2. The second-order valence-corrected chi connectivity index (χ2v) is 14.7. The summed E-state index contributed by atoms with van der Waals surface area (Å²) in [5.41, 5.74) is 12.1. The normalized spacial score (nSPS) is 18.7. The number of aliphatic carboxylic acids is 1. The third kappa shape index (κ3) is 13.1. The van der Waals surface area contributed by atoms with E-state index in [1.807, 2.05) is 0 Å². The van der Waals surface area contributed by atoms with Gasteiger partial charge in [-0.05, 0) is 25.0 Å². The first-order chi connectivity index (χ1) is 29.3. The number of hydrogen-bond acceptors (Lipinski definition) is 15. The molecule has 0 bridgehead atoms. The molecule has 1 saturated heterocycles. The van der Waals surface area contributed by atoms with Crippen LogP contribution in [-0.2, 0) is 49.6 Å². The minimum Gasteiger partial charge on any atom is -0.480 e. The molecule has 25 heteroatoms. The number of rotatable bonds is 23. The maximum atomic E-state index is 13.8. The van der Waals surface area contributed by atoms with Gasteiger partial charge >= 0.3 is 5.97 Å². The standard InChI is InChI=1S/C37H54N10O15/c1-16(12-48)28(34(58)43-22(31(55)45-25(15-51)37(61)62)9-18-11-40-21-6-4-3-5-19(18)21)46-33(57)24(14-50)44-32(56)23(10-27(39)53)42-30(54)17(2)41-35(59)29-26(52)7-8-47(29)36(60)20(38)13-49/h3-6,11,16-17,20,22-26,28-29,40,48-52H,7-10,12-15,38H2,1-2H3,(H2,39,53)(H,41,59)(H,42,54)(H,43,58)(H,44,56)(H,45,55)(H,46,57)(H,61,62)/t16?,17-,20-,22-,23-,24-,25-,26-,28?,29-/m0/s1. The topological polar surface area (TPSA) is 418 Å². The van der Waals surface area contributed by atoms with Gasteiger partial charge in [-0.2, -0.15) is 0 Å². The molecular weight excluding hydrogens is 824 g/mol. The number of aliphatic hydroxyl groups is 5. The second kappa shape index (κ2) is 23.1. The zero-order valence-electron chi connectivity index (χ0n) is 33.8. The summed E-state index contributed by atoms with van der Waals surface area (Å²) in [5, 5.41) is 72.8. The molecule has 2 unspecified atom stereocenters. The van der Waals surface area contributed by atoms with Crippen molar-refractivity contribution in [1.29, 1.82) is 0 Å². The molecule has 2 heterocycles. The van der Waals surface area contributed by atoms with Gasteiger partial charge in [0.15, 0.2) is 0 Å². The Labute approximate surface area is 353 Å². The Kier molecular flexibility index (Phi) is 18.7. The Morgan fingerprint density at radius 3 is 1.94 bits per heavy atom. The molecule has 0 spiro atoms. The van der Waals surface area contributed by atoms with Gasteiger partial charge < -0.3 is 83.9 Å². The fourth-order valence-electron chi connectivity index (χ4n) is 6.44. The Morgan fingerprint density at radius 1 is 0.758 bits per heavy atom. The molecule has 0 radical (unpaired) electrons. The van der Waals surface area contributed by atoms with Crippen molar-refractivity contribution in [3.05, 3.63) is 36.0 Å². The van der Waals surface area contributed by atoms with Crippen molar-refractivity contribution < 1.29 is 73.8 Å². The summed E-state index contributed by atoms with van der Waals surface area (Å²) < 4.78 is 0. The third-order valence-electron chi connectivity index (χ3n) is 10.0. The predicted molar refractivity (Wildman–Crippen MR) is 212 cm³/mol. The molecule has 3 rings (SSSR count). The number of H-pyrrole nitrogens is 1. The largest absolute Gasteiger partial charge is 0.480 e. The number of amides is 8. The van der Waals surface area contributed by atoms with E-state index in [0.717, 1.165) is 4.90 Å². The minimum absolute atomic E-state index is 0.0166. The Hall–Kier alpha value is -6.25. The number of benzene rings is 1. The number of hydrogen-bond donors (Lipinski definition) is 15. The zero-order valence-corrected chi connectivity index (χ0v) is 33.8. The maximum Gasteiger partial charge on any atom is 0.328 e. The number of carbonyl (C=O) groups excluding carboxylic acids is 8. The summed E-state index contributed by atoms with van der Waals surface area (Å²) in [4.78, 5) is 120. The smallest absolute Gasteiger partial charge is 0.328 e. The quantitative estimate of drug-likeness (QED) is 0.0493. The number of nitrogens with one attached hydrogen (secondary N) is 7. The first kappa shape index (κ1) is 50.1. The highest BCUT2D eigenvalue weighted by Gasteiger charge is 2.43. The van der Waals surface area contributed by atoms with Crippen molar-refractivity contribution >= 4 is 64.1 Å². The van der Waals surface area contributed by atoms with E-state index in [1.165, 1.54) is 13.8 Å². The van der Waals surface area contributed by atoms with Gasteiger partial charge in [-0.3, -0.25) is 38.4 Å². The van der Waals surface area contributed by atoms with Crippen LogP contribution < -0.4 is 43.4 Å². The van der Waals surface area contributed by atoms with E-state index >= 15 is 0 Å². The number of carbonyl (C=O) groups is 9. The third-order valence-corrected chi connectivity index (χ3v) is 10.0. The van der Waals surface area contributed by atoms with E-state index in [1.54, 1.807) is 30.5 Å². The summed E-state index contributed by atoms with van der Waals surface area (Å²) in [6.07, 6.45) is -0.888. The molecule has 8 amide bonds. The lowest BCUT2D eigenvalue weighted by Gasteiger charge is -2.29. The summed E-state index contributed by atoms with van der Waals surface area (Å²) in [6.45, 7) is -1.14. The van der Waals surface area contributed by atoms with E-state index in [2.05, 4.69) is 36.9 Å². The fraction of sp³-hybridized carbons (Fsp3) is 0.541. The van der Waals surface area contributed by atoms with Crippen LogP contribution in [0, 0.1) is 5.92 Å². The van der Waals surface area contributed by atoms with Gasteiger partial charge in [-0.1, -0.05) is 25.1 Å². The first-order valence-corrected chi connectivity index (χ1v) is 19.3. The summed E-state index contributed by atoms with van der Waals surface area (Å²) >= 11 is 0. The highest BCUT2D eigenvalue weighted by Crippen LogP contribution is 2.21. The molecule has 1 fully saturated rings. The molecule has 1 aromatic carbocycles. The van der Waals surface area contributed by atoms with Crippen LogP contribution >= 0.6 is 0 Å². The highest BCUT2D eigenvalue weighted by atomic mass is 16.4. The molecule has 0 aliphatic carbocycles. The van der Waals surface area contributed by atoms with Crippen LogP contribution in [0.25, 0.3) is 10.9 Å². The molecule has 342 valence electrons. The summed E-state index contributed by atoms with van der Waals surface area (Å²) in [5.74, 6) is -11.2. The van der Waals surface area contributed by atoms with Crippen LogP contribution in [0.1, 0.15) is 32.3 Å². The second-order valence-electron chi connectivity index (χ2n) is 14.7. The van der Waals surface area contributed by atoms with E-state index < -0.39 is 146 Å². The number of likely N-dealkylation sites (tertiary alicyclic amines) is 1. The molecule has 10 atom stereocenters. The van der Waals surface area contributed by atoms with Crippen molar-refractivity contribution in [2.45, 2.75) is 87.5 Å². The molecular formula is C37H54N10O15. The maximum absolute atomic E-state index is 13.8. The van der Waals surface area contributed by atoms with Gasteiger partial charge in [-0.15, -0.1) is 0 Å². The van der Waals surface area contributed by atoms with Crippen molar-refractivity contribution in [2.75, 3.05) is 33.0 Å². The molecule has 2 aromatic rings. The van der Waals surface area contributed by atoms with Crippen LogP contribution in [0.5, 0.6) is 0 Å². The average Bonchev–Trinajstić information content (AvgIpc) is 3.84. The van der Waals surface area contributed by atoms with Crippen molar-refractivity contribution in [3.8, 4) is 0 Å². The number of carboxylic acids is 1. The number of aromatic amines is 1. The Morgan fingerprint density at radius 2 is 1.34 bits per heavy atom. The van der Waals surface area contributed by atoms with Gasteiger partial charge in [0.25, 0.3) is 0 Å². The number of nitrogens with zero attached hydrogens (tertiary/aromatic N) is 1. The first-order valence-electron chi connectivity index (χ1n) is 19.3. The number of carboxylic acid groups (broad SMARTS) is 1. The van der Waals surface area contributed by atoms with Crippen LogP contribution in [-0.4, -0.2) is 181 Å². The average molecular weight is 879 g/mol. The Balaban J connectivity index is 1.76. The van der Waals surface area contributed by atoms with Crippen LogP contribution in [0.3, 0.4) is 0 Å². The van der Waals surface area contributed by atoms with Crippen LogP contribution in [0.15, 0.2) is 30.5 Å². The monoisotopic (exact) mass is 878 g/mol. The molecule has 1 aromatic heterocycles. The molecule has 25 nitrogen and oxygen atoms in total. The number of aliphatic hydroxyl groups excluding tert-OH is 5. The van der Waals surface area contributed by atoms with Crippen LogP contribution in [0.4, 0.5) is 0 Å². The van der Waals surface area contributed by atoms with Crippen LogP contribution in [0.2, 0.25) is 0 Å². The molecule has 1 aliphatic rings. The van der Waals surface area contributed by atoms with Gasteiger partial charge in [0, 0.05) is 42.6 Å². The van der Waals surface area contributed by atoms with E-state index in [9.17, 15) is 73.8 Å². The summed E-state index contributed by atoms with van der Waals surface area (Å²) in [6, 6.07) is -6.02. The lowest BCUT2D eigenvalue weighted by molar-refractivity contribution is -0.143. The summed E-state index contributed by atoms with van der Waals surface area (Å²) in [7, 11) is 0. The lowest BCUT2D eigenvalue weighted by Crippen LogP contribution is -2.62. The highest BCUT2D eigenvalue weighted by molar-refractivity contribution is 5.99. The van der Waals surface area contributed by atoms with E-state index in [4.69, 9.17) is 11.5 Å². The van der Waals surface area contributed by atoms with Gasteiger partial charge in [0.1, 0.15) is 48.3 Å². The number of fused-ring (bicyclic) bond motifs is 1. The lowest BCUT2D eigenvalue weighted by atomic mass is 9.99. The SMILES string of the molecule is CC(CO)C(NC(=O)[C@H](CO)NC(=O)[C@H](CC(N)=O)NC(=O)[C@H](C)NC(=O)[C@@H]1[C@@H](O)CCN1C(=O)[C@@H](N)CO)C(=O)N[C@@H](Cc1c[nH]c2ccccc12)C(=O)N[C@@H](CO)C(=O)O. The zero-order chi connectivity index (χ0) is 46.4. The number of para-hydroxylation sites is 1. The van der Waals surface area contributed by atoms with E-state index in [0.29, 0.717) is 16.5 Å². The van der Waals surface area contributed by atoms with Gasteiger partial charge in [0.05, 0.1) is 32.3 Å². The van der Waals surface area contributed by atoms with Gasteiger partial charge in [-0.25, -0.2) is 4.79 Å². The Bertz CT molecular complexity index is 1960. The molecule has 17 N–H and O–H groups in total. The molecule has 62 heavy (non-hydrogen) atoms.